The minimum absolute atomic E-state index is 0.155. The number of rotatable bonds is 2. The quantitative estimate of drug-likeness (QED) is 0.566. The number of fused-ring (bicyclic) bond motifs is 3. The van der Waals surface area contributed by atoms with Crippen LogP contribution in [0.15, 0.2) is 29.1 Å². The van der Waals surface area contributed by atoms with E-state index >= 15 is 0 Å². The zero-order valence-corrected chi connectivity index (χ0v) is 13.9. The van der Waals surface area contributed by atoms with Crippen LogP contribution in [0, 0.1) is 0 Å². The van der Waals surface area contributed by atoms with E-state index in [-0.39, 0.29) is 17.5 Å². The molecule has 0 radical (unpaired) electrons. The van der Waals surface area contributed by atoms with Crippen LogP contribution >= 0.6 is 0 Å². The first-order chi connectivity index (χ1) is 12.2. The average molecular weight is 340 g/mol. The molecule has 1 saturated heterocycles. The monoisotopic (exact) mass is 340 g/mol. The molecule has 0 bridgehead atoms. The van der Waals surface area contributed by atoms with Gasteiger partial charge in [0, 0.05) is 19.0 Å². The molecular formula is C17H20N6O2. The summed E-state index contributed by atoms with van der Waals surface area (Å²) in [6.45, 7) is 1.87. The lowest BCUT2D eigenvalue weighted by Crippen LogP contribution is -2.28. The fourth-order valence-electron chi connectivity index (χ4n) is 3.48. The third-order valence-electron chi connectivity index (χ3n) is 4.70. The van der Waals surface area contributed by atoms with Gasteiger partial charge >= 0.3 is 6.03 Å². The van der Waals surface area contributed by atoms with Crippen LogP contribution in [0.5, 0.6) is 0 Å². The number of nitrogens with one attached hydrogen (secondary N) is 4. The Balaban J connectivity index is 1.95. The summed E-state index contributed by atoms with van der Waals surface area (Å²) >= 11 is 0. The number of anilines is 1. The molecule has 2 amide bonds. The normalized spacial score (nSPS) is 15.6. The number of aromatic nitrogens is 3. The third kappa shape index (κ3) is 2.74. The molecule has 4 N–H and O–H groups in total. The number of H-pyrrole nitrogens is 1. The maximum absolute atomic E-state index is 12.3. The van der Waals surface area contributed by atoms with Crippen LogP contribution in [-0.2, 0) is 0 Å². The summed E-state index contributed by atoms with van der Waals surface area (Å²) in [5, 5.41) is 14.1. The van der Waals surface area contributed by atoms with Gasteiger partial charge in [0.05, 0.1) is 22.3 Å². The van der Waals surface area contributed by atoms with Crippen LogP contribution in [0.3, 0.4) is 0 Å². The van der Waals surface area contributed by atoms with Crippen molar-refractivity contribution >= 4 is 28.3 Å². The van der Waals surface area contributed by atoms with Crippen LogP contribution in [0.25, 0.3) is 16.6 Å². The van der Waals surface area contributed by atoms with E-state index < -0.39 is 0 Å². The molecule has 1 aliphatic rings. The lowest BCUT2D eigenvalue weighted by atomic mass is 9.94. The highest BCUT2D eigenvalue weighted by Gasteiger charge is 2.21. The molecule has 0 aliphatic carbocycles. The summed E-state index contributed by atoms with van der Waals surface area (Å²) < 4.78 is 1.82. The first-order valence-corrected chi connectivity index (χ1v) is 8.41. The molecule has 4 rings (SSSR count). The van der Waals surface area contributed by atoms with E-state index in [0.29, 0.717) is 11.3 Å². The molecule has 1 aromatic carbocycles. The maximum atomic E-state index is 12.3. The predicted molar refractivity (Wildman–Crippen MR) is 96.2 cm³/mol. The van der Waals surface area contributed by atoms with Crippen molar-refractivity contribution < 1.29 is 4.79 Å². The van der Waals surface area contributed by atoms with Crippen molar-refractivity contribution in [2.75, 3.05) is 25.5 Å². The molecular weight excluding hydrogens is 320 g/mol. The first kappa shape index (κ1) is 15.6. The third-order valence-corrected chi connectivity index (χ3v) is 4.70. The van der Waals surface area contributed by atoms with E-state index in [4.69, 9.17) is 0 Å². The molecule has 0 spiro atoms. The molecule has 130 valence electrons. The lowest BCUT2D eigenvalue weighted by molar-refractivity contribution is 0.254. The van der Waals surface area contributed by atoms with Gasteiger partial charge in [-0.2, -0.15) is 5.10 Å². The Labute approximate surface area is 143 Å². The zero-order chi connectivity index (χ0) is 17.4. The molecule has 0 saturated carbocycles. The summed E-state index contributed by atoms with van der Waals surface area (Å²) in [5.41, 5.74) is 2.72. The van der Waals surface area contributed by atoms with E-state index in [1.54, 1.807) is 19.2 Å². The summed E-state index contributed by atoms with van der Waals surface area (Å²) in [4.78, 5) is 26.9. The Hall–Kier alpha value is -2.87. The van der Waals surface area contributed by atoms with Crippen LogP contribution in [0.4, 0.5) is 10.5 Å². The number of hydrogen-bond acceptors (Lipinski definition) is 4. The number of aromatic amines is 1. The number of hydrogen-bond donors (Lipinski definition) is 4. The van der Waals surface area contributed by atoms with Crippen LogP contribution in [-0.4, -0.2) is 40.8 Å². The summed E-state index contributed by atoms with van der Waals surface area (Å²) in [6.07, 6.45) is 1.94. The molecule has 8 nitrogen and oxygen atoms in total. The largest absolute Gasteiger partial charge is 0.341 e. The standard InChI is InChI=1S/C17H20N6O2/c1-18-17(25)20-11-3-2-4-12-15(11)16-21-14(24)9-13(23(16)22-12)10-5-7-19-8-6-10/h2-4,9-10,19H,5-8H2,1H3,(H,21,24)(H2,18,20,25). The molecule has 3 aromatic rings. The van der Waals surface area contributed by atoms with Gasteiger partial charge in [-0.3, -0.25) is 4.79 Å². The zero-order valence-electron chi connectivity index (χ0n) is 13.9. The average Bonchev–Trinajstić information content (AvgIpc) is 3.01. The van der Waals surface area contributed by atoms with E-state index in [9.17, 15) is 9.59 Å². The van der Waals surface area contributed by atoms with Crippen molar-refractivity contribution in [3.8, 4) is 0 Å². The second-order valence-electron chi connectivity index (χ2n) is 6.25. The predicted octanol–water partition coefficient (Wildman–Crippen LogP) is 1.39. The molecule has 8 heteroatoms. The fraction of sp³-hybridized carbons (Fsp3) is 0.353. The number of carbonyl (C=O) groups is 1. The van der Waals surface area contributed by atoms with Crippen LogP contribution in [0.2, 0.25) is 0 Å². The Bertz CT molecular complexity index is 999. The highest BCUT2D eigenvalue weighted by atomic mass is 16.2. The summed E-state index contributed by atoms with van der Waals surface area (Å²) in [5.74, 6) is 0.288. The second-order valence-corrected chi connectivity index (χ2v) is 6.25. The van der Waals surface area contributed by atoms with Gasteiger partial charge in [-0.15, -0.1) is 0 Å². The Morgan fingerprint density at radius 2 is 2.12 bits per heavy atom. The Kier molecular flexibility index (Phi) is 3.89. The lowest BCUT2D eigenvalue weighted by Gasteiger charge is -2.23. The number of piperidine rings is 1. The Morgan fingerprint density at radius 1 is 1.32 bits per heavy atom. The van der Waals surface area contributed by atoms with Gasteiger partial charge in [-0.1, -0.05) is 6.07 Å². The molecule has 25 heavy (non-hydrogen) atoms. The fourth-order valence-corrected chi connectivity index (χ4v) is 3.48. The second kappa shape index (κ2) is 6.21. The topological polar surface area (TPSA) is 103 Å². The minimum Gasteiger partial charge on any atom is -0.341 e. The van der Waals surface area contributed by atoms with Crippen molar-refractivity contribution in [2.24, 2.45) is 0 Å². The van der Waals surface area contributed by atoms with Crippen molar-refractivity contribution in [3.63, 3.8) is 0 Å². The number of urea groups is 1. The van der Waals surface area contributed by atoms with Crippen LogP contribution in [0.1, 0.15) is 24.5 Å². The highest BCUT2D eigenvalue weighted by Crippen LogP contribution is 2.30. The molecule has 3 heterocycles. The highest BCUT2D eigenvalue weighted by molar-refractivity contribution is 6.06. The molecule has 0 atom stereocenters. The van der Waals surface area contributed by atoms with Crippen molar-refractivity contribution in [1.82, 2.24) is 25.2 Å². The van der Waals surface area contributed by atoms with Crippen LogP contribution < -0.4 is 21.5 Å². The molecule has 0 unspecified atom stereocenters. The SMILES string of the molecule is CNC(=O)Nc1cccc2nn3c(C4CCNCC4)cc(=O)[nH]c3c12. The van der Waals surface area contributed by atoms with Gasteiger partial charge in [0.25, 0.3) is 5.56 Å². The van der Waals surface area contributed by atoms with Gasteiger partial charge in [0.1, 0.15) is 5.65 Å². The molecule has 2 aromatic heterocycles. The van der Waals surface area contributed by atoms with Gasteiger partial charge in [-0.05, 0) is 38.1 Å². The van der Waals surface area contributed by atoms with Gasteiger partial charge in [0.15, 0.2) is 0 Å². The molecule has 1 aliphatic heterocycles. The van der Waals surface area contributed by atoms with Gasteiger partial charge in [-0.25, -0.2) is 9.31 Å². The Morgan fingerprint density at radius 3 is 2.88 bits per heavy atom. The number of amides is 2. The summed E-state index contributed by atoms with van der Waals surface area (Å²) in [6, 6.07) is 6.84. The number of benzene rings is 1. The minimum atomic E-state index is -0.316. The van der Waals surface area contributed by atoms with E-state index in [0.717, 1.165) is 42.5 Å². The van der Waals surface area contributed by atoms with E-state index in [1.807, 2.05) is 16.6 Å². The van der Waals surface area contributed by atoms with Crippen molar-refractivity contribution in [1.29, 1.82) is 0 Å². The number of carbonyl (C=O) groups excluding carboxylic acids is 1. The van der Waals surface area contributed by atoms with E-state index in [2.05, 4.69) is 26.0 Å². The molecule has 1 fully saturated rings. The maximum Gasteiger partial charge on any atom is 0.318 e. The van der Waals surface area contributed by atoms with Gasteiger partial charge < -0.3 is 20.9 Å². The first-order valence-electron chi connectivity index (χ1n) is 8.41. The van der Waals surface area contributed by atoms with Crippen molar-refractivity contribution in [2.45, 2.75) is 18.8 Å². The van der Waals surface area contributed by atoms with E-state index in [1.165, 1.54) is 0 Å². The summed E-state index contributed by atoms with van der Waals surface area (Å²) in [7, 11) is 1.56. The van der Waals surface area contributed by atoms with Crippen molar-refractivity contribution in [3.05, 3.63) is 40.3 Å². The smallest absolute Gasteiger partial charge is 0.318 e. The van der Waals surface area contributed by atoms with Gasteiger partial charge in [0.2, 0.25) is 0 Å². The number of nitrogens with zero attached hydrogens (tertiary/aromatic N) is 2.